The van der Waals surface area contributed by atoms with Crippen molar-refractivity contribution in [3.05, 3.63) is 66.1 Å². The molecule has 1 saturated carbocycles. The topological polar surface area (TPSA) is 201 Å². The van der Waals surface area contributed by atoms with Gasteiger partial charge in [-0.1, -0.05) is 44.6 Å². The van der Waals surface area contributed by atoms with Gasteiger partial charge in [-0.05, 0) is 69.7 Å². The van der Waals surface area contributed by atoms with Gasteiger partial charge < -0.3 is 35.4 Å². The van der Waals surface area contributed by atoms with Gasteiger partial charge in [0.1, 0.15) is 45.9 Å². The molecular formula is C43H53N7O8S2. The number of carbonyl (C=O) groups excluding carboxylic acids is 3. The van der Waals surface area contributed by atoms with E-state index in [1.807, 2.05) is 37.4 Å². The first kappa shape index (κ1) is 42.8. The summed E-state index contributed by atoms with van der Waals surface area (Å²) in [5, 5.41) is 23.7. The van der Waals surface area contributed by atoms with Crippen molar-refractivity contribution in [2.24, 2.45) is 11.8 Å². The number of aromatic nitrogens is 2. The van der Waals surface area contributed by atoms with Crippen LogP contribution in [0.25, 0.3) is 22.3 Å². The molecule has 17 heteroatoms. The van der Waals surface area contributed by atoms with Crippen LogP contribution < -0.4 is 30.1 Å². The fourth-order valence-electron chi connectivity index (χ4n) is 7.69. The molecule has 4 heterocycles. The molecule has 1 saturated heterocycles. The van der Waals surface area contributed by atoms with E-state index in [0.717, 1.165) is 30.8 Å². The number of rotatable bonds is 10. The van der Waals surface area contributed by atoms with Gasteiger partial charge >= 0.3 is 0 Å². The van der Waals surface area contributed by atoms with Crippen LogP contribution in [0.15, 0.2) is 71.0 Å². The van der Waals surface area contributed by atoms with Gasteiger partial charge in [-0.2, -0.15) is 0 Å². The highest BCUT2D eigenvalue weighted by Crippen LogP contribution is 2.46. The monoisotopic (exact) mass is 859 g/mol. The van der Waals surface area contributed by atoms with E-state index in [1.54, 1.807) is 57.4 Å². The van der Waals surface area contributed by atoms with Crippen LogP contribution in [-0.2, 0) is 24.4 Å². The van der Waals surface area contributed by atoms with Gasteiger partial charge in [0, 0.05) is 47.8 Å². The van der Waals surface area contributed by atoms with Gasteiger partial charge in [0.2, 0.25) is 5.91 Å². The molecule has 4 aromatic rings. The number of thiazole rings is 1. The number of nitrogens with zero attached hydrogens (tertiary/aromatic N) is 3. The lowest BCUT2D eigenvalue weighted by Gasteiger charge is -2.29. The molecule has 2 fully saturated rings. The summed E-state index contributed by atoms with van der Waals surface area (Å²) < 4.78 is 41.9. The Balaban J connectivity index is 1.19. The second kappa shape index (κ2) is 17.8. The molecule has 7 rings (SSSR count). The fraction of sp³-hybridized carbons (Fsp3) is 0.465. The van der Waals surface area contributed by atoms with Crippen molar-refractivity contribution in [2.75, 3.05) is 30.8 Å². The molecule has 0 spiro atoms. The maximum absolute atomic E-state index is 14.5. The number of aliphatic hydroxyl groups is 1. The molecule has 3 aliphatic rings. The van der Waals surface area contributed by atoms with Crippen LogP contribution >= 0.6 is 11.3 Å². The van der Waals surface area contributed by atoms with Gasteiger partial charge in [-0.15, -0.1) is 11.3 Å². The summed E-state index contributed by atoms with van der Waals surface area (Å²) in [6.07, 6.45) is 5.27. The Bertz CT molecular complexity index is 2390. The van der Waals surface area contributed by atoms with Crippen LogP contribution in [0.2, 0.25) is 0 Å². The van der Waals surface area contributed by atoms with E-state index in [4.69, 9.17) is 19.4 Å². The Kier molecular flexibility index (Phi) is 12.7. The molecule has 0 unspecified atom stereocenters. The Hall–Kier alpha value is -5.26. The summed E-state index contributed by atoms with van der Waals surface area (Å²) in [5.74, 6) is -2.10. The lowest BCUT2D eigenvalue weighted by Crippen LogP contribution is -2.57. The number of methoxy groups -OCH3 is 1. The van der Waals surface area contributed by atoms with Crippen molar-refractivity contribution in [1.29, 1.82) is 0 Å². The van der Waals surface area contributed by atoms with Crippen molar-refractivity contribution in [3.8, 4) is 22.9 Å². The Morgan fingerprint density at radius 2 is 1.85 bits per heavy atom. The summed E-state index contributed by atoms with van der Waals surface area (Å²) in [7, 11) is -2.79. The first-order valence-electron chi connectivity index (χ1n) is 20.4. The first-order valence-corrected chi connectivity index (χ1v) is 22.8. The molecule has 2 aliphatic heterocycles. The minimum absolute atomic E-state index is 0.0202. The third kappa shape index (κ3) is 9.22. The Morgan fingerprint density at radius 3 is 2.62 bits per heavy atom. The molecule has 5 N–H and O–H groups in total. The van der Waals surface area contributed by atoms with Crippen molar-refractivity contribution in [2.45, 2.75) is 101 Å². The van der Waals surface area contributed by atoms with Crippen molar-refractivity contribution < 1.29 is 37.4 Å². The second-order valence-corrected chi connectivity index (χ2v) is 18.8. The number of benzene rings is 2. The Morgan fingerprint density at radius 1 is 1.05 bits per heavy atom. The lowest BCUT2D eigenvalue weighted by atomic mass is 10.1. The average Bonchev–Trinajstić information content (AvgIpc) is 3.48. The molecule has 2 aromatic carbocycles. The highest BCUT2D eigenvalue weighted by molar-refractivity contribution is 7.90. The summed E-state index contributed by atoms with van der Waals surface area (Å²) >= 11 is 1.45. The summed E-state index contributed by atoms with van der Waals surface area (Å²) in [4.78, 5) is 53.4. The predicted molar refractivity (Wildman–Crippen MR) is 230 cm³/mol. The molecule has 5 atom stereocenters. The van der Waals surface area contributed by atoms with Crippen LogP contribution in [0.1, 0.15) is 66.2 Å². The highest BCUT2D eigenvalue weighted by atomic mass is 32.2. The predicted octanol–water partition coefficient (Wildman–Crippen LogP) is 5.47. The SMILES string of the molecule is COc1ccc2c(O[C@@H]3C[C@@H](C(=O)N[C@]45C[C@@H]4/C=C\CCCCCNc4ccccc4S(=O)(=O)NC5=O)N(C(=O)[C@H](O)C(C)C)C3)cc(-c3csc(NC(C)C)n3)nc2c1. The summed E-state index contributed by atoms with van der Waals surface area (Å²) in [6.45, 7) is 7.98. The summed E-state index contributed by atoms with van der Waals surface area (Å²) in [6, 6.07) is 12.6. The Labute approximate surface area is 354 Å². The van der Waals surface area contributed by atoms with E-state index < -0.39 is 63.4 Å². The van der Waals surface area contributed by atoms with Gasteiger partial charge in [-0.25, -0.2) is 23.1 Å². The fourth-order valence-corrected chi connectivity index (χ4v) is 9.77. The zero-order valence-corrected chi connectivity index (χ0v) is 36.1. The van der Waals surface area contributed by atoms with Crippen molar-refractivity contribution in [1.82, 2.24) is 24.9 Å². The molecule has 0 bridgehead atoms. The number of fused-ring (bicyclic) bond motifs is 3. The van der Waals surface area contributed by atoms with E-state index in [2.05, 4.69) is 20.7 Å². The number of likely N-dealkylation sites (tertiary alicyclic amines) is 1. The average molecular weight is 860 g/mol. The van der Waals surface area contributed by atoms with E-state index in [-0.39, 0.29) is 30.3 Å². The van der Waals surface area contributed by atoms with Crippen LogP contribution in [0, 0.1) is 11.8 Å². The minimum atomic E-state index is -4.36. The number of nitrogens with one attached hydrogen (secondary N) is 4. The number of hydrogen-bond donors (Lipinski definition) is 5. The number of allylic oxidation sites excluding steroid dienone is 1. The second-order valence-electron chi connectivity index (χ2n) is 16.3. The number of sulfonamides is 1. The molecule has 0 radical (unpaired) electrons. The number of amides is 3. The molecule has 60 heavy (non-hydrogen) atoms. The van der Waals surface area contributed by atoms with Crippen molar-refractivity contribution in [3.63, 3.8) is 0 Å². The molecular weight excluding hydrogens is 807 g/mol. The van der Waals surface area contributed by atoms with Gasteiger partial charge in [-0.3, -0.25) is 14.4 Å². The quantitative estimate of drug-likeness (QED) is 0.126. The maximum atomic E-state index is 14.5. The number of ether oxygens (including phenoxy) is 2. The smallest absolute Gasteiger partial charge is 0.266 e. The van der Waals surface area contributed by atoms with E-state index in [1.165, 1.54) is 22.3 Å². The zero-order chi connectivity index (χ0) is 42.8. The number of pyridine rings is 1. The first-order chi connectivity index (χ1) is 28.7. The number of para-hydroxylation sites is 1. The highest BCUT2D eigenvalue weighted by Gasteiger charge is 2.61. The van der Waals surface area contributed by atoms with Gasteiger partial charge in [0.25, 0.3) is 21.8 Å². The van der Waals surface area contributed by atoms with Crippen LogP contribution in [0.5, 0.6) is 11.5 Å². The number of anilines is 2. The largest absolute Gasteiger partial charge is 0.497 e. The minimum Gasteiger partial charge on any atom is -0.497 e. The van der Waals surface area contributed by atoms with Gasteiger partial charge in [0.05, 0.1) is 30.6 Å². The van der Waals surface area contributed by atoms with Crippen LogP contribution in [0.3, 0.4) is 0 Å². The zero-order valence-electron chi connectivity index (χ0n) is 34.4. The third-order valence-corrected chi connectivity index (χ3v) is 13.2. The lowest BCUT2D eigenvalue weighted by molar-refractivity contribution is -0.147. The number of hydrogen-bond acceptors (Lipinski definition) is 13. The molecule has 1 aliphatic carbocycles. The summed E-state index contributed by atoms with van der Waals surface area (Å²) in [5.41, 5.74) is 0.534. The standard InChI is InChI=1S/C43H53N7O8S2/c1-25(2)38(51)40(53)50-23-29(58-36-21-33(34-24-59-42(47-34)45-26(3)4)46-32-19-28(57-5)16-17-30(32)36)20-35(50)39(52)48-43-22-27(43)13-9-7-6-8-12-18-44-31-14-10-11-15-37(31)60(55,56)49-41(43)54/h9-11,13-17,19,21,24-27,29,35,38,44,51H,6-8,12,18,20,22-23H2,1-5H3,(H,45,47)(H,48,52)(H,49,54)/b13-9-/t27-,29+,35-,38+,43+/m0/s1. The van der Waals surface area contributed by atoms with Crippen LogP contribution in [-0.4, -0.2) is 96.1 Å². The maximum Gasteiger partial charge on any atom is 0.266 e. The van der Waals surface area contributed by atoms with E-state index in [0.29, 0.717) is 46.0 Å². The number of carbonyl (C=O) groups is 3. The molecule has 320 valence electrons. The van der Waals surface area contributed by atoms with E-state index in [9.17, 15) is 27.9 Å². The normalized spacial score (nSPS) is 23.9. The van der Waals surface area contributed by atoms with E-state index >= 15 is 0 Å². The third-order valence-electron chi connectivity index (χ3n) is 11.1. The molecule has 3 amide bonds. The molecule has 15 nitrogen and oxygen atoms in total. The van der Waals surface area contributed by atoms with Gasteiger partial charge in [0.15, 0.2) is 5.13 Å². The van der Waals surface area contributed by atoms with Crippen molar-refractivity contribution >= 4 is 60.8 Å². The molecule has 2 aromatic heterocycles. The van der Waals surface area contributed by atoms with Crippen LogP contribution in [0.4, 0.5) is 10.8 Å². The number of aliphatic hydroxyl groups excluding tert-OH is 1.